The maximum atomic E-state index is 12.9. The molecule has 0 saturated heterocycles. The standard InChI is InChI=1S/C23H32FNO7S/c1-3-30-23(27)11-6-4-5-8-16-25-33(28,29)17-9-7-10-22(32-19(2)26)18-31-21-14-12-20(24)13-15-21/h12-15,22,25H,3-6,8-9,11,16-18H2,1-2H3. The van der Waals surface area contributed by atoms with Crippen LogP contribution in [0.2, 0.25) is 0 Å². The summed E-state index contributed by atoms with van der Waals surface area (Å²) in [6.45, 7) is 3.62. The van der Waals surface area contributed by atoms with Gasteiger partial charge in [0, 0.05) is 26.3 Å². The lowest BCUT2D eigenvalue weighted by atomic mass is 10.1. The van der Waals surface area contributed by atoms with Gasteiger partial charge in [0.1, 0.15) is 18.2 Å². The van der Waals surface area contributed by atoms with Gasteiger partial charge in [0.25, 0.3) is 0 Å². The fourth-order valence-corrected chi connectivity index (χ4v) is 3.63. The van der Waals surface area contributed by atoms with Gasteiger partial charge in [-0.25, -0.2) is 17.5 Å². The van der Waals surface area contributed by atoms with Crippen molar-refractivity contribution in [3.05, 3.63) is 30.1 Å². The van der Waals surface area contributed by atoms with Crippen LogP contribution >= 0.6 is 0 Å². The number of unbranched alkanes of at least 4 members (excludes halogenated alkanes) is 3. The highest BCUT2D eigenvalue weighted by Crippen LogP contribution is 2.11. The lowest BCUT2D eigenvalue weighted by Gasteiger charge is -2.12. The van der Waals surface area contributed by atoms with E-state index in [-0.39, 0.29) is 24.7 Å². The second kappa shape index (κ2) is 16.0. The normalized spacial score (nSPS) is 11.7. The van der Waals surface area contributed by atoms with Crippen molar-refractivity contribution in [2.75, 3.05) is 25.5 Å². The first-order valence-corrected chi connectivity index (χ1v) is 12.5. The number of carbonyl (C=O) groups is 2. The number of esters is 2. The van der Waals surface area contributed by atoms with E-state index in [2.05, 4.69) is 16.6 Å². The Bertz CT molecular complexity index is 892. The van der Waals surface area contributed by atoms with Crippen molar-refractivity contribution in [3.8, 4) is 17.6 Å². The molecule has 0 aliphatic heterocycles. The fraction of sp³-hybridized carbons (Fsp3) is 0.565. The first kappa shape index (κ1) is 28.4. The summed E-state index contributed by atoms with van der Waals surface area (Å²) >= 11 is 0. The largest absolute Gasteiger partial charge is 0.489 e. The molecule has 8 nitrogen and oxygen atoms in total. The molecule has 0 aromatic heterocycles. The Labute approximate surface area is 195 Å². The maximum Gasteiger partial charge on any atom is 0.305 e. The van der Waals surface area contributed by atoms with E-state index in [9.17, 15) is 22.4 Å². The van der Waals surface area contributed by atoms with Gasteiger partial charge in [-0.1, -0.05) is 24.7 Å². The van der Waals surface area contributed by atoms with Gasteiger partial charge in [-0.2, -0.15) is 0 Å². The molecule has 0 spiro atoms. The molecule has 0 saturated carbocycles. The molecule has 0 bridgehead atoms. The van der Waals surface area contributed by atoms with E-state index in [1.165, 1.54) is 31.2 Å². The average molecular weight is 486 g/mol. The molecule has 10 heteroatoms. The van der Waals surface area contributed by atoms with Crippen LogP contribution in [0.3, 0.4) is 0 Å². The summed E-state index contributed by atoms with van der Waals surface area (Å²) < 4.78 is 54.9. The van der Waals surface area contributed by atoms with Crippen LogP contribution in [0.25, 0.3) is 0 Å². The van der Waals surface area contributed by atoms with E-state index in [4.69, 9.17) is 14.2 Å². The lowest BCUT2D eigenvalue weighted by Crippen LogP contribution is -2.27. The van der Waals surface area contributed by atoms with Gasteiger partial charge >= 0.3 is 11.9 Å². The number of carbonyl (C=O) groups excluding carboxylic acids is 2. The van der Waals surface area contributed by atoms with Gasteiger partial charge in [0.15, 0.2) is 6.10 Å². The molecule has 0 amide bonds. The van der Waals surface area contributed by atoms with Crippen LogP contribution in [-0.4, -0.2) is 52.0 Å². The highest BCUT2D eigenvalue weighted by molar-refractivity contribution is 7.89. The molecular weight excluding hydrogens is 453 g/mol. The second-order valence-corrected chi connectivity index (χ2v) is 9.04. The number of nitrogens with one attached hydrogen (secondary N) is 1. The van der Waals surface area contributed by atoms with Crippen molar-refractivity contribution in [1.29, 1.82) is 0 Å². The lowest BCUT2D eigenvalue weighted by molar-refractivity contribution is -0.145. The van der Waals surface area contributed by atoms with Crippen LogP contribution in [0.15, 0.2) is 24.3 Å². The topological polar surface area (TPSA) is 108 Å². The summed E-state index contributed by atoms with van der Waals surface area (Å²) in [6, 6.07) is 5.35. The molecule has 0 aliphatic rings. The molecular formula is C23H32FNO7S. The van der Waals surface area contributed by atoms with Crippen molar-refractivity contribution >= 4 is 22.0 Å². The molecule has 0 aliphatic carbocycles. The second-order valence-electron chi connectivity index (χ2n) is 7.12. The molecule has 1 rings (SSSR count). The first-order valence-electron chi connectivity index (χ1n) is 10.9. The highest BCUT2D eigenvalue weighted by atomic mass is 32.2. The zero-order valence-corrected chi connectivity index (χ0v) is 19.9. The third-order valence-electron chi connectivity index (χ3n) is 4.22. The summed E-state index contributed by atoms with van der Waals surface area (Å²) in [5.74, 6) is 4.44. The molecule has 33 heavy (non-hydrogen) atoms. The van der Waals surface area contributed by atoms with Crippen molar-refractivity contribution in [1.82, 2.24) is 4.72 Å². The summed E-state index contributed by atoms with van der Waals surface area (Å²) in [7, 11) is -3.48. The smallest absolute Gasteiger partial charge is 0.305 e. The van der Waals surface area contributed by atoms with E-state index in [1.54, 1.807) is 6.92 Å². The van der Waals surface area contributed by atoms with Gasteiger partial charge in [-0.3, -0.25) is 9.59 Å². The number of sulfonamides is 1. The van der Waals surface area contributed by atoms with Crippen LogP contribution < -0.4 is 9.46 Å². The zero-order valence-electron chi connectivity index (χ0n) is 19.1. The Balaban J connectivity index is 2.31. The van der Waals surface area contributed by atoms with Gasteiger partial charge in [-0.15, -0.1) is 0 Å². The van der Waals surface area contributed by atoms with Gasteiger partial charge in [-0.05, 0) is 44.0 Å². The Hall–Kier alpha value is -2.64. The third-order valence-corrected chi connectivity index (χ3v) is 5.60. The van der Waals surface area contributed by atoms with E-state index in [0.717, 1.165) is 19.3 Å². The van der Waals surface area contributed by atoms with E-state index in [0.29, 0.717) is 31.7 Å². The van der Waals surface area contributed by atoms with Gasteiger partial charge in [0.05, 0.1) is 12.4 Å². The van der Waals surface area contributed by atoms with Crippen LogP contribution in [-0.2, 0) is 29.1 Å². The molecule has 1 N–H and O–H groups in total. The van der Waals surface area contributed by atoms with Gasteiger partial charge in [0.2, 0.25) is 10.0 Å². The number of hydrogen-bond acceptors (Lipinski definition) is 7. The molecule has 0 fully saturated rings. The number of benzene rings is 1. The number of ether oxygens (including phenoxy) is 3. The first-order chi connectivity index (χ1) is 15.7. The van der Waals surface area contributed by atoms with Crippen molar-refractivity contribution in [3.63, 3.8) is 0 Å². The molecule has 1 aromatic carbocycles. The highest BCUT2D eigenvalue weighted by Gasteiger charge is 2.11. The molecule has 1 unspecified atom stereocenters. The van der Waals surface area contributed by atoms with Crippen molar-refractivity contribution in [2.24, 2.45) is 0 Å². The Morgan fingerprint density at radius 1 is 1.12 bits per heavy atom. The summed E-state index contributed by atoms with van der Waals surface area (Å²) in [5.41, 5.74) is 0. The monoisotopic (exact) mass is 485 g/mol. The fourth-order valence-electron chi connectivity index (χ4n) is 2.66. The number of halogens is 1. The number of hydrogen-bond donors (Lipinski definition) is 1. The minimum atomic E-state index is -3.48. The quantitative estimate of drug-likeness (QED) is 0.231. The Morgan fingerprint density at radius 2 is 1.82 bits per heavy atom. The van der Waals surface area contributed by atoms with Crippen LogP contribution in [0.5, 0.6) is 5.75 Å². The maximum absolute atomic E-state index is 12.9. The van der Waals surface area contributed by atoms with Crippen molar-refractivity contribution in [2.45, 2.75) is 58.5 Å². The summed E-state index contributed by atoms with van der Waals surface area (Å²) in [4.78, 5) is 22.5. The predicted octanol–water partition coefficient (Wildman–Crippen LogP) is 2.96. The molecule has 1 aromatic rings. The SMILES string of the molecule is CCOC(=O)CCCCCCNS(=O)(=O)CCC#CC(COc1ccc(F)cc1)OC(C)=O. The van der Waals surface area contributed by atoms with Crippen LogP contribution in [0.4, 0.5) is 4.39 Å². The Kier molecular flexibility index (Phi) is 13.8. The number of rotatable bonds is 15. The zero-order chi connectivity index (χ0) is 24.5. The average Bonchev–Trinajstić information content (AvgIpc) is 2.75. The minimum Gasteiger partial charge on any atom is -0.489 e. The third kappa shape index (κ3) is 14.9. The molecule has 1 atom stereocenters. The van der Waals surface area contributed by atoms with Crippen LogP contribution in [0, 0.1) is 17.7 Å². The van der Waals surface area contributed by atoms with E-state index in [1.807, 2.05) is 0 Å². The van der Waals surface area contributed by atoms with Crippen LogP contribution in [0.1, 0.15) is 52.4 Å². The summed E-state index contributed by atoms with van der Waals surface area (Å²) in [5, 5.41) is 0. The Morgan fingerprint density at radius 3 is 2.48 bits per heavy atom. The van der Waals surface area contributed by atoms with E-state index < -0.39 is 27.9 Å². The minimum absolute atomic E-state index is 0.0587. The summed E-state index contributed by atoms with van der Waals surface area (Å²) in [6.07, 6.45) is 2.57. The molecule has 184 valence electrons. The molecule has 0 radical (unpaired) electrons. The van der Waals surface area contributed by atoms with E-state index >= 15 is 0 Å². The predicted molar refractivity (Wildman–Crippen MR) is 121 cm³/mol. The van der Waals surface area contributed by atoms with Gasteiger partial charge < -0.3 is 14.2 Å². The van der Waals surface area contributed by atoms with Crippen molar-refractivity contribution < 1.29 is 36.6 Å². The molecule has 0 heterocycles.